The summed E-state index contributed by atoms with van der Waals surface area (Å²) in [6.07, 6.45) is 5.86. The maximum Gasteiger partial charge on any atom is 0.246 e. The first kappa shape index (κ1) is 14.8. The normalized spacial score (nSPS) is 12.2. The van der Waals surface area contributed by atoms with Gasteiger partial charge < -0.3 is 9.15 Å². The molecule has 0 aromatic carbocycles. The zero-order valence-corrected chi connectivity index (χ0v) is 12.2. The van der Waals surface area contributed by atoms with E-state index in [4.69, 9.17) is 9.15 Å². The third-order valence-corrected chi connectivity index (χ3v) is 4.60. The van der Waals surface area contributed by atoms with Crippen LogP contribution in [-0.4, -0.2) is 42.8 Å². The van der Waals surface area contributed by atoms with Crippen molar-refractivity contribution < 1.29 is 17.6 Å². The van der Waals surface area contributed by atoms with Crippen molar-refractivity contribution in [2.45, 2.75) is 11.4 Å². The fourth-order valence-corrected chi connectivity index (χ4v) is 3.14. The predicted octanol–water partition coefficient (Wildman–Crippen LogP) is 0.850. The molecular weight excluding hydrogens is 282 g/mol. The molecule has 0 fully saturated rings. The maximum absolute atomic E-state index is 12.6. The zero-order valence-electron chi connectivity index (χ0n) is 11.4. The average Bonchev–Trinajstić information content (AvgIpc) is 3.05. The number of rotatable bonds is 7. The van der Waals surface area contributed by atoms with E-state index in [1.807, 2.05) is 0 Å². The van der Waals surface area contributed by atoms with Crippen LogP contribution in [0.4, 0.5) is 0 Å². The van der Waals surface area contributed by atoms with Crippen LogP contribution in [0.15, 0.2) is 40.3 Å². The van der Waals surface area contributed by atoms with Crippen molar-refractivity contribution in [3.05, 3.63) is 36.5 Å². The van der Waals surface area contributed by atoms with E-state index < -0.39 is 10.0 Å². The molecule has 2 rings (SSSR count). The predicted molar refractivity (Wildman–Crippen MR) is 71.4 cm³/mol. The van der Waals surface area contributed by atoms with Gasteiger partial charge in [0.2, 0.25) is 10.0 Å². The van der Waals surface area contributed by atoms with Crippen LogP contribution in [-0.2, 0) is 28.4 Å². The molecule has 2 aromatic heterocycles. The van der Waals surface area contributed by atoms with Gasteiger partial charge in [-0.1, -0.05) is 0 Å². The number of aryl methyl sites for hydroxylation is 1. The SMILES string of the molecule is COCCN(Cc1ccoc1)S(=O)(=O)c1cnn(C)c1. The Morgan fingerprint density at radius 1 is 1.50 bits per heavy atom. The van der Waals surface area contributed by atoms with Crippen LogP contribution >= 0.6 is 0 Å². The molecule has 20 heavy (non-hydrogen) atoms. The van der Waals surface area contributed by atoms with Gasteiger partial charge in [-0.3, -0.25) is 4.68 Å². The van der Waals surface area contributed by atoms with Crippen LogP contribution < -0.4 is 0 Å². The van der Waals surface area contributed by atoms with E-state index in [0.29, 0.717) is 6.61 Å². The molecule has 0 N–H and O–H groups in total. The molecule has 0 saturated carbocycles. The zero-order chi connectivity index (χ0) is 14.6. The lowest BCUT2D eigenvalue weighted by Gasteiger charge is -2.20. The largest absolute Gasteiger partial charge is 0.472 e. The molecule has 2 heterocycles. The molecule has 0 aliphatic rings. The monoisotopic (exact) mass is 299 g/mol. The fourth-order valence-electron chi connectivity index (χ4n) is 1.74. The molecule has 0 amide bonds. The molecule has 0 aliphatic heterocycles. The minimum absolute atomic E-state index is 0.166. The Hall–Kier alpha value is -1.64. The molecule has 0 unspecified atom stereocenters. The molecule has 8 heteroatoms. The van der Waals surface area contributed by atoms with Crippen molar-refractivity contribution in [2.24, 2.45) is 7.05 Å². The van der Waals surface area contributed by atoms with Crippen LogP contribution in [0.1, 0.15) is 5.56 Å². The molecule has 0 saturated heterocycles. The van der Waals surface area contributed by atoms with Gasteiger partial charge in [-0.2, -0.15) is 9.40 Å². The molecule has 0 aliphatic carbocycles. The minimum atomic E-state index is -3.60. The summed E-state index contributed by atoms with van der Waals surface area (Å²) in [5.74, 6) is 0. The van der Waals surface area contributed by atoms with Crippen LogP contribution in [0.5, 0.6) is 0 Å². The Bertz CT molecular complexity index is 633. The van der Waals surface area contributed by atoms with Gasteiger partial charge in [0.25, 0.3) is 0 Å². The Kier molecular flexibility index (Phi) is 4.58. The summed E-state index contributed by atoms with van der Waals surface area (Å²) in [6.45, 7) is 0.813. The van der Waals surface area contributed by atoms with Crippen molar-refractivity contribution in [1.82, 2.24) is 14.1 Å². The standard InChI is InChI=1S/C12H17N3O4S/c1-14-9-12(7-13-14)20(16,17)15(4-6-18-2)8-11-3-5-19-10-11/h3,5,7,9-10H,4,6,8H2,1-2H3. The lowest BCUT2D eigenvalue weighted by molar-refractivity contribution is 0.177. The highest BCUT2D eigenvalue weighted by Gasteiger charge is 2.26. The molecule has 0 spiro atoms. The van der Waals surface area contributed by atoms with Crippen molar-refractivity contribution in [3.63, 3.8) is 0 Å². The van der Waals surface area contributed by atoms with Crippen LogP contribution in [0.25, 0.3) is 0 Å². The second-order valence-corrected chi connectivity index (χ2v) is 6.25. The minimum Gasteiger partial charge on any atom is -0.472 e. The number of ether oxygens (including phenoxy) is 1. The van der Waals surface area contributed by atoms with Gasteiger partial charge in [-0.25, -0.2) is 8.42 Å². The highest BCUT2D eigenvalue weighted by Crippen LogP contribution is 2.17. The summed E-state index contributed by atoms with van der Waals surface area (Å²) < 4.78 is 37.9. The van der Waals surface area contributed by atoms with Gasteiger partial charge in [0, 0.05) is 39.0 Å². The Labute approximate surface area is 117 Å². The van der Waals surface area contributed by atoms with Gasteiger partial charge in [0.15, 0.2) is 0 Å². The molecule has 0 bridgehead atoms. The van der Waals surface area contributed by atoms with E-state index in [1.54, 1.807) is 13.1 Å². The van der Waals surface area contributed by atoms with Gasteiger partial charge in [0.1, 0.15) is 4.90 Å². The number of methoxy groups -OCH3 is 1. The number of nitrogens with zero attached hydrogens (tertiary/aromatic N) is 3. The summed E-state index contributed by atoms with van der Waals surface area (Å²) >= 11 is 0. The summed E-state index contributed by atoms with van der Waals surface area (Å²) in [6, 6.07) is 1.73. The van der Waals surface area contributed by atoms with Crippen molar-refractivity contribution in [3.8, 4) is 0 Å². The first-order valence-corrected chi connectivity index (χ1v) is 7.47. The summed E-state index contributed by atoms with van der Waals surface area (Å²) in [5, 5.41) is 3.90. The van der Waals surface area contributed by atoms with Crippen LogP contribution in [0.2, 0.25) is 0 Å². The van der Waals surface area contributed by atoms with Gasteiger partial charge in [-0.05, 0) is 6.07 Å². The topological polar surface area (TPSA) is 77.6 Å². The Balaban J connectivity index is 2.25. The van der Waals surface area contributed by atoms with E-state index in [2.05, 4.69) is 5.10 Å². The van der Waals surface area contributed by atoms with E-state index in [9.17, 15) is 8.42 Å². The quantitative estimate of drug-likeness (QED) is 0.757. The first-order valence-electron chi connectivity index (χ1n) is 6.03. The van der Waals surface area contributed by atoms with Gasteiger partial charge >= 0.3 is 0 Å². The molecule has 0 radical (unpaired) electrons. The number of furan rings is 1. The summed E-state index contributed by atoms with van der Waals surface area (Å²) in [4.78, 5) is 0.166. The van der Waals surface area contributed by atoms with Gasteiger partial charge in [0.05, 0.1) is 25.3 Å². The van der Waals surface area contributed by atoms with Crippen molar-refractivity contribution in [2.75, 3.05) is 20.3 Å². The van der Waals surface area contributed by atoms with E-state index in [0.717, 1.165) is 5.56 Å². The Morgan fingerprint density at radius 2 is 2.30 bits per heavy atom. The molecule has 110 valence electrons. The molecule has 0 atom stereocenters. The smallest absolute Gasteiger partial charge is 0.246 e. The summed E-state index contributed by atoms with van der Waals surface area (Å²) in [7, 11) is -0.391. The number of hydrogen-bond acceptors (Lipinski definition) is 5. The highest BCUT2D eigenvalue weighted by atomic mass is 32.2. The first-order chi connectivity index (χ1) is 9.54. The number of sulfonamides is 1. The van der Waals surface area contributed by atoms with E-state index in [-0.39, 0.29) is 18.0 Å². The van der Waals surface area contributed by atoms with Crippen LogP contribution in [0, 0.1) is 0 Å². The molecular formula is C12H17N3O4S. The summed E-state index contributed by atoms with van der Waals surface area (Å²) in [5.41, 5.74) is 0.786. The third-order valence-electron chi connectivity index (χ3n) is 2.80. The second-order valence-electron chi connectivity index (χ2n) is 4.31. The average molecular weight is 299 g/mol. The third kappa shape index (κ3) is 3.27. The van der Waals surface area contributed by atoms with Crippen molar-refractivity contribution in [1.29, 1.82) is 0 Å². The van der Waals surface area contributed by atoms with E-state index in [1.165, 1.54) is 41.0 Å². The lowest BCUT2D eigenvalue weighted by Crippen LogP contribution is -2.33. The highest BCUT2D eigenvalue weighted by molar-refractivity contribution is 7.89. The van der Waals surface area contributed by atoms with Crippen molar-refractivity contribution >= 4 is 10.0 Å². The van der Waals surface area contributed by atoms with Gasteiger partial charge in [-0.15, -0.1) is 0 Å². The fraction of sp³-hybridized carbons (Fsp3) is 0.417. The Morgan fingerprint density at radius 3 is 2.85 bits per heavy atom. The van der Waals surface area contributed by atoms with E-state index >= 15 is 0 Å². The number of aromatic nitrogens is 2. The molecule has 7 nitrogen and oxygen atoms in total. The molecule has 2 aromatic rings. The second kappa shape index (κ2) is 6.21. The number of hydrogen-bond donors (Lipinski definition) is 0. The lowest BCUT2D eigenvalue weighted by atomic mass is 10.3. The van der Waals surface area contributed by atoms with Crippen LogP contribution in [0.3, 0.4) is 0 Å². The maximum atomic E-state index is 12.6.